The summed E-state index contributed by atoms with van der Waals surface area (Å²) in [4.78, 5) is 22.6. The second-order valence-corrected chi connectivity index (χ2v) is 17.6. The molecule has 0 spiro atoms. The van der Waals surface area contributed by atoms with E-state index in [9.17, 15) is 0 Å². The van der Waals surface area contributed by atoms with Gasteiger partial charge in [-0.25, -0.2) is 20.0 Å². The largest absolute Gasteiger partial charge is 0.324 e. The van der Waals surface area contributed by atoms with Crippen molar-refractivity contribution in [2.24, 2.45) is 9.98 Å². The maximum Gasteiger partial charge on any atom is 0.169 e. The van der Waals surface area contributed by atoms with Crippen LogP contribution >= 0.6 is 11.8 Å². The Morgan fingerprint density at radius 3 is 1.84 bits per heavy atom. The van der Waals surface area contributed by atoms with E-state index in [0.717, 1.165) is 85.5 Å². The van der Waals surface area contributed by atoms with Crippen molar-refractivity contribution in [3.63, 3.8) is 0 Å². The van der Waals surface area contributed by atoms with Crippen molar-refractivity contribution in [1.82, 2.24) is 15.3 Å². The Labute approximate surface area is 371 Å². The van der Waals surface area contributed by atoms with Crippen LogP contribution in [0.4, 0.5) is 0 Å². The van der Waals surface area contributed by atoms with Gasteiger partial charge in [-0.05, 0) is 93.8 Å². The van der Waals surface area contributed by atoms with Gasteiger partial charge in [0, 0.05) is 38.0 Å². The van der Waals surface area contributed by atoms with Gasteiger partial charge in [0.25, 0.3) is 0 Å². The molecule has 0 saturated heterocycles. The molecule has 0 bridgehead atoms. The van der Waals surface area contributed by atoms with Gasteiger partial charge in [-0.1, -0.05) is 164 Å². The zero-order valence-electron chi connectivity index (χ0n) is 34.4. The van der Waals surface area contributed by atoms with Crippen LogP contribution in [0.1, 0.15) is 64.1 Å². The van der Waals surface area contributed by atoms with E-state index in [1.54, 1.807) is 0 Å². The van der Waals surface area contributed by atoms with Gasteiger partial charge in [-0.2, -0.15) is 0 Å². The third-order valence-corrected chi connectivity index (χ3v) is 13.9. The molecule has 6 aromatic carbocycles. The van der Waals surface area contributed by atoms with Crippen LogP contribution in [0.5, 0.6) is 0 Å². The first-order valence-electron chi connectivity index (χ1n) is 21.7. The average molecular weight is 828 g/mol. The van der Waals surface area contributed by atoms with Crippen LogP contribution in [0.15, 0.2) is 215 Å². The number of hydrogen-bond acceptors (Lipinski definition) is 6. The lowest BCUT2D eigenvalue weighted by molar-refractivity contribution is 0.755. The highest BCUT2D eigenvalue weighted by molar-refractivity contribution is 8.00. The number of amidine groups is 2. The lowest BCUT2D eigenvalue weighted by atomic mass is 9.81. The highest BCUT2D eigenvalue weighted by atomic mass is 32.2. The first-order valence-corrected chi connectivity index (χ1v) is 22.6. The van der Waals surface area contributed by atoms with Crippen LogP contribution < -0.4 is 5.32 Å². The maximum absolute atomic E-state index is 5.54. The van der Waals surface area contributed by atoms with Crippen molar-refractivity contribution in [3.05, 3.63) is 239 Å². The Morgan fingerprint density at radius 1 is 0.524 bits per heavy atom. The highest BCUT2D eigenvalue weighted by Gasteiger charge is 2.38. The van der Waals surface area contributed by atoms with Crippen molar-refractivity contribution in [1.29, 1.82) is 0 Å². The molecule has 5 nitrogen and oxygen atoms in total. The molecule has 1 unspecified atom stereocenters. The van der Waals surface area contributed by atoms with Crippen LogP contribution in [0, 0.1) is 0 Å². The number of benzene rings is 6. The Balaban J connectivity index is 0.994. The molecule has 2 aliphatic heterocycles. The molecule has 0 saturated carbocycles. The van der Waals surface area contributed by atoms with E-state index < -0.39 is 6.17 Å². The first-order chi connectivity index (χ1) is 31.2. The SMILES string of the molecule is C1=CC(c2ccc3ccc4ccc(C5=CC(c6cccc(C7N=C(c8ccccc8)NC(c8ccccc8)=N7)c6)=CC6c7cc(-c8ccccc8)ccc7S[C@H]56)nc4c3n2)=CCC1. The van der Waals surface area contributed by atoms with Crippen LogP contribution in [0.3, 0.4) is 0 Å². The molecule has 0 amide bonds. The summed E-state index contributed by atoms with van der Waals surface area (Å²) in [6.45, 7) is 0. The highest BCUT2D eigenvalue weighted by Crippen LogP contribution is 2.55. The molecule has 0 radical (unpaired) electrons. The molecule has 4 aliphatic rings. The van der Waals surface area contributed by atoms with Crippen molar-refractivity contribution in [3.8, 4) is 11.1 Å². The van der Waals surface area contributed by atoms with Crippen molar-refractivity contribution in [2.75, 3.05) is 0 Å². The number of thioether (sulfide) groups is 1. The normalized spacial score (nSPS) is 18.1. The zero-order valence-corrected chi connectivity index (χ0v) is 35.2. The zero-order chi connectivity index (χ0) is 41.7. The average Bonchev–Trinajstić information content (AvgIpc) is 3.74. The summed E-state index contributed by atoms with van der Waals surface area (Å²) in [5, 5.41) is 5.87. The Morgan fingerprint density at radius 2 is 1.16 bits per heavy atom. The van der Waals surface area contributed by atoms with E-state index in [4.69, 9.17) is 20.0 Å². The minimum absolute atomic E-state index is 0.136. The van der Waals surface area contributed by atoms with Gasteiger partial charge < -0.3 is 5.32 Å². The number of rotatable bonds is 7. The topological polar surface area (TPSA) is 62.5 Å². The van der Waals surface area contributed by atoms with E-state index in [2.05, 4.69) is 169 Å². The number of fused-ring (bicyclic) bond motifs is 6. The second kappa shape index (κ2) is 15.8. The fourth-order valence-electron chi connectivity index (χ4n) is 9.28. The number of aromatic nitrogens is 2. The molecule has 12 rings (SSSR count). The Kier molecular flexibility index (Phi) is 9.37. The third-order valence-electron chi connectivity index (χ3n) is 12.5. The van der Waals surface area contributed by atoms with Crippen LogP contribution in [0.2, 0.25) is 0 Å². The fraction of sp³-hybridized carbons (Fsp3) is 0.0877. The van der Waals surface area contributed by atoms with Gasteiger partial charge in [0.1, 0.15) is 11.7 Å². The van der Waals surface area contributed by atoms with Crippen molar-refractivity contribution in [2.45, 2.75) is 35.1 Å². The standard InChI is InChI=1S/C57H41N5S/c1-5-14-36(15-6-1)43-28-31-51-46(33-43)47-34-45(42-22-13-23-44(32-42)57-61-55(40-18-9-3-10-19-40)60-56(62-57)41-20-11-4-12-21-41)35-48(54(47)63-51)50-30-27-39-25-24-38-26-29-49(37-16-7-2-8-17-37)58-52(38)53(39)59-50/h1,3-7,9-35,47,54,57H,2,8H2,(H,60,61,62)/t47?,54-/m0/s1. The molecule has 2 aromatic heterocycles. The number of pyridine rings is 2. The van der Waals surface area contributed by atoms with Crippen LogP contribution in [-0.4, -0.2) is 26.9 Å². The summed E-state index contributed by atoms with van der Waals surface area (Å²) >= 11 is 1.95. The summed E-state index contributed by atoms with van der Waals surface area (Å²) < 4.78 is 0. The second-order valence-electron chi connectivity index (χ2n) is 16.5. The predicted octanol–water partition coefficient (Wildman–Crippen LogP) is 13.4. The number of nitrogens with one attached hydrogen (secondary N) is 1. The summed E-state index contributed by atoms with van der Waals surface area (Å²) in [6.07, 6.45) is 13.3. The minimum atomic E-state index is -0.430. The monoisotopic (exact) mass is 827 g/mol. The van der Waals surface area contributed by atoms with E-state index in [1.165, 1.54) is 32.7 Å². The number of nitrogens with zero attached hydrogens (tertiary/aromatic N) is 4. The summed E-state index contributed by atoms with van der Waals surface area (Å²) in [6, 6.07) is 60.2. The Hall–Kier alpha value is -7.41. The molecule has 63 heavy (non-hydrogen) atoms. The number of hydrogen-bond donors (Lipinski definition) is 1. The molecule has 4 heterocycles. The van der Waals surface area contributed by atoms with E-state index in [0.29, 0.717) is 0 Å². The molecular weight excluding hydrogens is 787 g/mol. The summed E-state index contributed by atoms with van der Waals surface area (Å²) in [5.41, 5.74) is 15.4. The summed E-state index contributed by atoms with van der Waals surface area (Å²) in [7, 11) is 0. The van der Waals surface area contributed by atoms with E-state index >= 15 is 0 Å². The lowest BCUT2D eigenvalue weighted by Crippen LogP contribution is -2.36. The molecule has 2 aliphatic carbocycles. The molecule has 0 fully saturated rings. The van der Waals surface area contributed by atoms with Crippen LogP contribution in [-0.2, 0) is 0 Å². The smallest absolute Gasteiger partial charge is 0.169 e. The maximum atomic E-state index is 5.54. The number of allylic oxidation sites excluding steroid dienone is 7. The molecular formula is C57H41N5S. The molecule has 1 N–H and O–H groups in total. The van der Waals surface area contributed by atoms with Gasteiger partial charge >= 0.3 is 0 Å². The van der Waals surface area contributed by atoms with Gasteiger partial charge in [-0.15, -0.1) is 11.8 Å². The van der Waals surface area contributed by atoms with Gasteiger partial charge in [0.05, 0.1) is 22.4 Å². The molecule has 2 atom stereocenters. The van der Waals surface area contributed by atoms with Crippen LogP contribution in [0.25, 0.3) is 49.7 Å². The molecule has 6 heteroatoms. The van der Waals surface area contributed by atoms with Crippen molar-refractivity contribution < 1.29 is 0 Å². The quantitative estimate of drug-likeness (QED) is 0.163. The van der Waals surface area contributed by atoms with Gasteiger partial charge in [-0.3, -0.25) is 0 Å². The molecule has 8 aromatic rings. The number of aliphatic imine (C=N–C) groups is 2. The minimum Gasteiger partial charge on any atom is -0.324 e. The third kappa shape index (κ3) is 7.03. The predicted molar refractivity (Wildman–Crippen MR) is 262 cm³/mol. The van der Waals surface area contributed by atoms with E-state index in [1.807, 2.05) is 48.2 Å². The first kappa shape index (κ1) is 37.4. The molecule has 300 valence electrons. The van der Waals surface area contributed by atoms with E-state index in [-0.39, 0.29) is 11.2 Å². The Bertz CT molecular complexity index is 3240. The lowest BCUT2D eigenvalue weighted by Gasteiger charge is -2.27. The van der Waals surface area contributed by atoms with Gasteiger partial charge in [0.15, 0.2) is 6.17 Å². The van der Waals surface area contributed by atoms with Crippen molar-refractivity contribution >= 4 is 62.0 Å². The van der Waals surface area contributed by atoms with Gasteiger partial charge in [0.2, 0.25) is 0 Å². The summed E-state index contributed by atoms with van der Waals surface area (Å²) in [5.74, 6) is 1.74. The fourth-order valence-corrected chi connectivity index (χ4v) is 10.7.